The minimum Gasteiger partial charge on any atom is -0.390 e. The smallest absolute Gasteiger partial charge is 0.242 e. The molecule has 2 heterocycles. The van der Waals surface area contributed by atoms with Crippen LogP contribution in [-0.2, 0) is 23.7 Å². The van der Waals surface area contributed by atoms with Gasteiger partial charge in [0.1, 0.15) is 0 Å². The molecule has 2 aromatic heterocycles. The van der Waals surface area contributed by atoms with Gasteiger partial charge < -0.3 is 9.67 Å². The van der Waals surface area contributed by atoms with Gasteiger partial charge in [0.05, 0.1) is 11.5 Å². The van der Waals surface area contributed by atoms with Crippen molar-refractivity contribution in [2.24, 2.45) is 7.05 Å². The monoisotopic (exact) mass is 295 g/mol. The quantitative estimate of drug-likeness (QED) is 0.860. The molecule has 0 amide bonds. The van der Waals surface area contributed by atoms with E-state index in [1.165, 1.54) is 12.3 Å². The zero-order valence-corrected chi connectivity index (χ0v) is 12.1. The molecule has 0 bridgehead atoms. The molecule has 7 heteroatoms. The summed E-state index contributed by atoms with van der Waals surface area (Å²) < 4.78 is 28.7. The lowest BCUT2D eigenvalue weighted by Crippen LogP contribution is -2.26. The molecular weight excluding hydrogens is 278 g/mol. The lowest BCUT2D eigenvalue weighted by molar-refractivity contribution is 0.272. The van der Waals surface area contributed by atoms with Crippen LogP contribution >= 0.6 is 0 Å². The van der Waals surface area contributed by atoms with Crippen LogP contribution in [0.2, 0.25) is 0 Å². The van der Waals surface area contributed by atoms with Gasteiger partial charge in [-0.25, -0.2) is 13.1 Å². The number of hydrogen-bond acceptors (Lipinski definition) is 4. The van der Waals surface area contributed by atoms with E-state index in [4.69, 9.17) is 5.11 Å². The van der Waals surface area contributed by atoms with Gasteiger partial charge in [0.2, 0.25) is 10.0 Å². The van der Waals surface area contributed by atoms with E-state index in [2.05, 4.69) is 9.71 Å². The number of pyridine rings is 1. The van der Waals surface area contributed by atoms with Gasteiger partial charge in [-0.05, 0) is 30.7 Å². The molecule has 0 spiro atoms. The second-order valence-electron chi connectivity index (χ2n) is 4.56. The second-order valence-corrected chi connectivity index (χ2v) is 6.27. The standard InChI is InChI=1S/C13H17N3O3S/c1-10(11-3-5-14-6-4-11)15-20(18,19)13-7-12(9-17)16(2)8-13/h3-8,10,15,17H,9H2,1-2H3. The first-order valence-electron chi connectivity index (χ1n) is 6.12. The molecule has 108 valence electrons. The highest BCUT2D eigenvalue weighted by Crippen LogP contribution is 2.18. The first-order chi connectivity index (χ1) is 9.44. The van der Waals surface area contributed by atoms with Crippen molar-refractivity contribution in [1.82, 2.24) is 14.3 Å². The Kier molecular flexibility index (Phi) is 4.22. The fourth-order valence-electron chi connectivity index (χ4n) is 1.90. The van der Waals surface area contributed by atoms with Crippen LogP contribution in [0.3, 0.4) is 0 Å². The highest BCUT2D eigenvalue weighted by molar-refractivity contribution is 7.89. The van der Waals surface area contributed by atoms with Crippen molar-refractivity contribution < 1.29 is 13.5 Å². The van der Waals surface area contributed by atoms with Gasteiger partial charge in [-0.3, -0.25) is 4.98 Å². The van der Waals surface area contributed by atoms with E-state index in [0.717, 1.165) is 5.56 Å². The van der Waals surface area contributed by atoms with E-state index in [1.807, 2.05) is 0 Å². The van der Waals surface area contributed by atoms with Crippen LogP contribution in [-0.4, -0.2) is 23.1 Å². The van der Waals surface area contributed by atoms with Gasteiger partial charge in [-0.15, -0.1) is 0 Å². The molecule has 0 fully saturated rings. The van der Waals surface area contributed by atoms with E-state index in [1.54, 1.807) is 43.1 Å². The van der Waals surface area contributed by atoms with Crippen molar-refractivity contribution in [2.75, 3.05) is 0 Å². The molecule has 2 rings (SSSR count). The van der Waals surface area contributed by atoms with Crippen molar-refractivity contribution in [2.45, 2.75) is 24.5 Å². The predicted octanol–water partition coefficient (Wildman–Crippen LogP) is 0.952. The molecule has 20 heavy (non-hydrogen) atoms. The Balaban J connectivity index is 2.23. The Hall–Kier alpha value is -1.70. The molecule has 6 nitrogen and oxygen atoms in total. The van der Waals surface area contributed by atoms with Crippen molar-refractivity contribution in [1.29, 1.82) is 0 Å². The minimum absolute atomic E-state index is 0.143. The summed E-state index contributed by atoms with van der Waals surface area (Å²) in [6.45, 7) is 1.56. The van der Waals surface area contributed by atoms with Crippen LogP contribution in [0, 0.1) is 0 Å². The maximum atomic E-state index is 12.3. The van der Waals surface area contributed by atoms with Gasteiger partial charge in [-0.2, -0.15) is 0 Å². The average molecular weight is 295 g/mol. The number of nitrogens with one attached hydrogen (secondary N) is 1. The van der Waals surface area contributed by atoms with Crippen molar-refractivity contribution >= 4 is 10.0 Å². The second kappa shape index (κ2) is 5.74. The molecule has 0 aliphatic heterocycles. The summed E-state index contributed by atoms with van der Waals surface area (Å²) in [5.74, 6) is 0. The lowest BCUT2D eigenvalue weighted by Gasteiger charge is -2.13. The van der Waals surface area contributed by atoms with Crippen LogP contribution in [0.5, 0.6) is 0 Å². The SMILES string of the molecule is CC(NS(=O)(=O)c1cc(CO)n(C)c1)c1ccncc1. The Labute approximate surface area is 118 Å². The van der Waals surface area contributed by atoms with Crippen LogP contribution < -0.4 is 4.72 Å². The van der Waals surface area contributed by atoms with E-state index < -0.39 is 10.0 Å². The predicted molar refractivity (Wildman–Crippen MR) is 74.3 cm³/mol. The number of sulfonamides is 1. The maximum absolute atomic E-state index is 12.3. The molecule has 0 aliphatic carbocycles. The van der Waals surface area contributed by atoms with Crippen LogP contribution in [0.1, 0.15) is 24.2 Å². The average Bonchev–Trinajstić information content (AvgIpc) is 2.81. The molecule has 0 radical (unpaired) electrons. The minimum atomic E-state index is -3.62. The fourth-order valence-corrected chi connectivity index (χ4v) is 3.23. The Morgan fingerprint density at radius 1 is 1.40 bits per heavy atom. The number of aryl methyl sites for hydroxylation is 1. The van der Waals surface area contributed by atoms with Crippen LogP contribution in [0.15, 0.2) is 41.7 Å². The van der Waals surface area contributed by atoms with E-state index in [0.29, 0.717) is 5.69 Å². The third-order valence-corrected chi connectivity index (χ3v) is 4.60. The zero-order valence-electron chi connectivity index (χ0n) is 11.3. The number of aliphatic hydroxyl groups excluding tert-OH is 1. The largest absolute Gasteiger partial charge is 0.390 e. The third-order valence-electron chi connectivity index (χ3n) is 3.09. The number of nitrogens with zero attached hydrogens (tertiary/aromatic N) is 2. The molecule has 0 saturated heterocycles. The summed E-state index contributed by atoms with van der Waals surface area (Å²) in [6.07, 6.45) is 4.71. The topological polar surface area (TPSA) is 84.2 Å². The van der Waals surface area contributed by atoms with Gasteiger partial charge in [0, 0.05) is 37.4 Å². The molecular formula is C13H17N3O3S. The fraction of sp³-hybridized carbons (Fsp3) is 0.308. The Bertz CT molecular complexity index is 680. The molecule has 0 saturated carbocycles. The number of aliphatic hydroxyl groups is 1. The maximum Gasteiger partial charge on any atom is 0.242 e. The summed E-state index contributed by atoms with van der Waals surface area (Å²) in [6, 6.07) is 4.62. The molecule has 0 aromatic carbocycles. The summed E-state index contributed by atoms with van der Waals surface area (Å²) in [4.78, 5) is 4.04. The van der Waals surface area contributed by atoms with Crippen molar-refractivity contribution in [3.05, 3.63) is 48.0 Å². The highest BCUT2D eigenvalue weighted by atomic mass is 32.2. The van der Waals surface area contributed by atoms with E-state index >= 15 is 0 Å². The van der Waals surface area contributed by atoms with Gasteiger partial charge in [-0.1, -0.05) is 0 Å². The summed E-state index contributed by atoms with van der Waals surface area (Å²) in [7, 11) is -1.93. The molecule has 1 unspecified atom stereocenters. The van der Waals surface area contributed by atoms with Crippen molar-refractivity contribution in [3.8, 4) is 0 Å². The van der Waals surface area contributed by atoms with Gasteiger partial charge >= 0.3 is 0 Å². The normalized spacial score (nSPS) is 13.3. The number of rotatable bonds is 5. The molecule has 2 aromatic rings. The summed E-state index contributed by atoms with van der Waals surface area (Å²) >= 11 is 0. The van der Waals surface area contributed by atoms with Crippen LogP contribution in [0.4, 0.5) is 0 Å². The Morgan fingerprint density at radius 2 is 2.05 bits per heavy atom. The van der Waals surface area contributed by atoms with Crippen LogP contribution in [0.25, 0.3) is 0 Å². The lowest BCUT2D eigenvalue weighted by atomic mass is 10.1. The van der Waals surface area contributed by atoms with Crippen molar-refractivity contribution in [3.63, 3.8) is 0 Å². The number of hydrogen-bond donors (Lipinski definition) is 2. The zero-order chi connectivity index (χ0) is 14.8. The van der Waals surface area contributed by atoms with Gasteiger partial charge in [0.15, 0.2) is 0 Å². The van der Waals surface area contributed by atoms with E-state index in [-0.39, 0.29) is 17.5 Å². The summed E-state index contributed by atoms with van der Waals surface area (Å²) in [5.41, 5.74) is 1.38. The molecule has 1 atom stereocenters. The Morgan fingerprint density at radius 3 is 2.60 bits per heavy atom. The summed E-state index contributed by atoms with van der Waals surface area (Å²) in [5, 5.41) is 9.11. The van der Waals surface area contributed by atoms with E-state index in [9.17, 15) is 8.42 Å². The number of aromatic nitrogens is 2. The third kappa shape index (κ3) is 3.06. The van der Waals surface area contributed by atoms with Gasteiger partial charge in [0.25, 0.3) is 0 Å². The highest BCUT2D eigenvalue weighted by Gasteiger charge is 2.20. The first-order valence-corrected chi connectivity index (χ1v) is 7.60. The first kappa shape index (κ1) is 14.7. The molecule has 2 N–H and O–H groups in total. The molecule has 0 aliphatic rings.